The maximum atomic E-state index is 4.59. The molecule has 1 aliphatic rings. The summed E-state index contributed by atoms with van der Waals surface area (Å²) in [5, 5.41) is 0. The van der Waals surface area contributed by atoms with Crippen LogP contribution < -0.4 is 4.90 Å². The zero-order valence-electron chi connectivity index (χ0n) is 11.0. The number of aromatic nitrogens is 4. The Hall–Kier alpha value is -2.04. The highest BCUT2D eigenvalue weighted by Crippen LogP contribution is 2.26. The molecule has 1 aliphatic heterocycles. The largest absolute Gasteiger partial charge is 0.340 e. The lowest BCUT2D eigenvalue weighted by molar-refractivity contribution is 0.493. The molecule has 5 nitrogen and oxygen atoms in total. The quantitative estimate of drug-likeness (QED) is 0.821. The third-order valence-corrected chi connectivity index (χ3v) is 3.45. The van der Waals surface area contributed by atoms with E-state index >= 15 is 0 Å². The van der Waals surface area contributed by atoms with Crippen molar-refractivity contribution >= 4 is 5.95 Å². The molecule has 1 atom stereocenters. The number of aryl methyl sites for hydroxylation is 1. The van der Waals surface area contributed by atoms with Gasteiger partial charge in [-0.25, -0.2) is 9.97 Å². The van der Waals surface area contributed by atoms with E-state index in [1.54, 1.807) is 18.6 Å². The van der Waals surface area contributed by atoms with Crippen molar-refractivity contribution in [2.24, 2.45) is 0 Å². The van der Waals surface area contributed by atoms with E-state index in [4.69, 9.17) is 0 Å². The third kappa shape index (κ3) is 2.70. The number of hydrogen-bond donors (Lipinski definition) is 0. The Balaban J connectivity index is 1.78. The second-order valence-corrected chi connectivity index (χ2v) is 4.92. The van der Waals surface area contributed by atoms with E-state index < -0.39 is 0 Å². The Labute approximate surface area is 112 Å². The summed E-state index contributed by atoms with van der Waals surface area (Å²) in [5.41, 5.74) is 2.06. The summed E-state index contributed by atoms with van der Waals surface area (Å²) in [5.74, 6) is 1.23. The normalized spacial score (nSPS) is 19.4. The molecule has 2 aromatic heterocycles. The summed E-state index contributed by atoms with van der Waals surface area (Å²) >= 11 is 0. The van der Waals surface area contributed by atoms with E-state index in [1.807, 2.05) is 19.2 Å². The average Bonchev–Trinajstić information content (AvgIpc) is 2.48. The summed E-state index contributed by atoms with van der Waals surface area (Å²) in [4.78, 5) is 19.7. The molecule has 0 radical (unpaired) electrons. The summed E-state index contributed by atoms with van der Waals surface area (Å²) in [7, 11) is 0. The smallest absolute Gasteiger partial charge is 0.225 e. The molecule has 0 spiro atoms. The molecule has 0 aromatic carbocycles. The van der Waals surface area contributed by atoms with Crippen molar-refractivity contribution in [2.45, 2.75) is 25.7 Å². The van der Waals surface area contributed by atoms with Crippen LogP contribution in [0.3, 0.4) is 0 Å². The van der Waals surface area contributed by atoms with E-state index in [0.29, 0.717) is 5.92 Å². The van der Waals surface area contributed by atoms with E-state index in [2.05, 4.69) is 24.8 Å². The van der Waals surface area contributed by atoms with Gasteiger partial charge in [0.15, 0.2) is 0 Å². The molecule has 1 fully saturated rings. The molecule has 0 bridgehead atoms. The molecular formula is C14H17N5. The summed E-state index contributed by atoms with van der Waals surface area (Å²) < 4.78 is 0. The Morgan fingerprint density at radius 2 is 2.05 bits per heavy atom. The molecule has 3 rings (SSSR count). The molecule has 0 amide bonds. The van der Waals surface area contributed by atoms with Crippen molar-refractivity contribution in [1.29, 1.82) is 0 Å². The van der Waals surface area contributed by atoms with Gasteiger partial charge in [0, 0.05) is 43.8 Å². The highest BCUT2D eigenvalue weighted by atomic mass is 15.2. The number of hydrogen-bond acceptors (Lipinski definition) is 5. The lowest BCUT2D eigenvalue weighted by Crippen LogP contribution is -2.35. The monoisotopic (exact) mass is 255 g/mol. The molecule has 98 valence electrons. The first-order valence-corrected chi connectivity index (χ1v) is 6.63. The van der Waals surface area contributed by atoms with E-state index in [1.165, 1.54) is 0 Å². The summed E-state index contributed by atoms with van der Waals surface area (Å²) in [6, 6.07) is 1.84. The minimum absolute atomic E-state index is 0.421. The van der Waals surface area contributed by atoms with Crippen molar-refractivity contribution in [2.75, 3.05) is 18.0 Å². The van der Waals surface area contributed by atoms with Crippen LogP contribution in [-0.4, -0.2) is 33.0 Å². The molecule has 5 heteroatoms. The van der Waals surface area contributed by atoms with Gasteiger partial charge >= 0.3 is 0 Å². The van der Waals surface area contributed by atoms with Gasteiger partial charge in [-0.05, 0) is 25.8 Å². The molecular weight excluding hydrogens is 238 g/mol. The van der Waals surface area contributed by atoms with Crippen LogP contribution in [0.1, 0.15) is 30.1 Å². The third-order valence-electron chi connectivity index (χ3n) is 3.45. The molecule has 19 heavy (non-hydrogen) atoms. The van der Waals surface area contributed by atoms with Crippen LogP contribution in [0.15, 0.2) is 30.9 Å². The molecule has 2 aromatic rings. The lowest BCUT2D eigenvalue weighted by Gasteiger charge is -2.32. The molecule has 0 unspecified atom stereocenters. The van der Waals surface area contributed by atoms with Gasteiger partial charge in [-0.1, -0.05) is 0 Å². The number of rotatable bonds is 2. The second-order valence-electron chi connectivity index (χ2n) is 4.92. The van der Waals surface area contributed by atoms with Gasteiger partial charge in [-0.2, -0.15) is 0 Å². The Morgan fingerprint density at radius 1 is 1.21 bits per heavy atom. The minimum Gasteiger partial charge on any atom is -0.340 e. The van der Waals surface area contributed by atoms with Gasteiger partial charge in [0.2, 0.25) is 5.95 Å². The van der Waals surface area contributed by atoms with Crippen LogP contribution in [-0.2, 0) is 0 Å². The Bertz CT molecular complexity index is 543. The molecule has 0 N–H and O–H groups in total. The lowest BCUT2D eigenvalue weighted by atomic mass is 9.95. The average molecular weight is 255 g/mol. The number of anilines is 1. The van der Waals surface area contributed by atoms with Crippen LogP contribution in [0.2, 0.25) is 0 Å². The van der Waals surface area contributed by atoms with Crippen molar-refractivity contribution in [3.8, 4) is 0 Å². The van der Waals surface area contributed by atoms with Gasteiger partial charge in [0.05, 0.1) is 11.4 Å². The number of nitrogens with zero attached hydrogens (tertiary/aromatic N) is 5. The molecule has 0 aliphatic carbocycles. The van der Waals surface area contributed by atoms with Crippen LogP contribution in [0.4, 0.5) is 5.95 Å². The molecule has 1 saturated heterocycles. The van der Waals surface area contributed by atoms with Crippen molar-refractivity contribution < 1.29 is 0 Å². The molecule has 3 heterocycles. The fourth-order valence-electron chi connectivity index (χ4n) is 2.53. The fraction of sp³-hybridized carbons (Fsp3) is 0.429. The van der Waals surface area contributed by atoms with Crippen LogP contribution in [0.5, 0.6) is 0 Å². The maximum Gasteiger partial charge on any atom is 0.225 e. The van der Waals surface area contributed by atoms with Gasteiger partial charge in [0.1, 0.15) is 0 Å². The van der Waals surface area contributed by atoms with Gasteiger partial charge in [0.25, 0.3) is 0 Å². The van der Waals surface area contributed by atoms with Crippen LogP contribution in [0.25, 0.3) is 0 Å². The minimum atomic E-state index is 0.421. The number of piperidine rings is 1. The zero-order chi connectivity index (χ0) is 13.1. The summed E-state index contributed by atoms with van der Waals surface area (Å²) in [6.45, 7) is 3.92. The predicted molar refractivity (Wildman–Crippen MR) is 73.0 cm³/mol. The van der Waals surface area contributed by atoms with Crippen LogP contribution in [0, 0.1) is 6.92 Å². The highest BCUT2D eigenvalue weighted by molar-refractivity contribution is 5.31. The van der Waals surface area contributed by atoms with Gasteiger partial charge in [-0.15, -0.1) is 0 Å². The van der Waals surface area contributed by atoms with Crippen LogP contribution >= 0.6 is 0 Å². The topological polar surface area (TPSA) is 54.8 Å². The van der Waals surface area contributed by atoms with Crippen molar-refractivity contribution in [3.63, 3.8) is 0 Å². The highest BCUT2D eigenvalue weighted by Gasteiger charge is 2.24. The standard InChI is InChI=1S/C14H17N5/c1-11-8-15-9-13(18-11)12-4-2-7-19(10-12)14-16-5-3-6-17-14/h3,5-6,8-9,12H,2,4,7,10H2,1H3/t12-/m0/s1. The first-order valence-electron chi connectivity index (χ1n) is 6.63. The van der Waals surface area contributed by atoms with E-state index in [-0.39, 0.29) is 0 Å². The van der Waals surface area contributed by atoms with Gasteiger partial charge in [-0.3, -0.25) is 9.97 Å². The Morgan fingerprint density at radius 3 is 2.84 bits per heavy atom. The second kappa shape index (κ2) is 5.30. The first kappa shape index (κ1) is 12.0. The zero-order valence-corrected chi connectivity index (χ0v) is 11.0. The Kier molecular flexibility index (Phi) is 3.35. The van der Waals surface area contributed by atoms with E-state index in [0.717, 1.165) is 43.3 Å². The predicted octanol–water partition coefficient (Wildman–Crippen LogP) is 1.96. The maximum absolute atomic E-state index is 4.59. The molecule has 0 saturated carbocycles. The van der Waals surface area contributed by atoms with E-state index in [9.17, 15) is 0 Å². The SMILES string of the molecule is Cc1cncc([C@H]2CCCN(c3ncccn3)C2)n1. The van der Waals surface area contributed by atoms with Crippen molar-refractivity contribution in [1.82, 2.24) is 19.9 Å². The summed E-state index contributed by atoms with van der Waals surface area (Å²) in [6.07, 6.45) is 9.55. The van der Waals surface area contributed by atoms with Gasteiger partial charge < -0.3 is 4.90 Å². The van der Waals surface area contributed by atoms with Crippen molar-refractivity contribution in [3.05, 3.63) is 42.2 Å². The fourth-order valence-corrected chi connectivity index (χ4v) is 2.53. The first-order chi connectivity index (χ1) is 9.33.